The first-order valence-corrected chi connectivity index (χ1v) is 7.95. The third kappa shape index (κ3) is 3.95. The number of rotatable bonds is 6. The van der Waals surface area contributed by atoms with Crippen molar-refractivity contribution in [3.05, 3.63) is 28.6 Å². The van der Waals surface area contributed by atoms with Gasteiger partial charge in [0.2, 0.25) is 0 Å². The summed E-state index contributed by atoms with van der Waals surface area (Å²) in [5.74, 6) is 0.377. The van der Waals surface area contributed by atoms with Gasteiger partial charge in [-0.05, 0) is 25.0 Å². The van der Waals surface area contributed by atoms with Crippen molar-refractivity contribution in [2.45, 2.75) is 20.8 Å². The number of hydrogen-bond donors (Lipinski definition) is 2. The molecule has 21 heavy (non-hydrogen) atoms. The third-order valence-electron chi connectivity index (χ3n) is 3.07. The lowest BCUT2D eigenvalue weighted by atomic mass is 10.1. The second-order valence-electron chi connectivity index (χ2n) is 5.57. The predicted octanol–water partition coefficient (Wildman–Crippen LogP) is 3.19. The van der Waals surface area contributed by atoms with Crippen LogP contribution >= 0.6 is 11.3 Å². The second-order valence-corrected chi connectivity index (χ2v) is 6.62. The summed E-state index contributed by atoms with van der Waals surface area (Å²) < 4.78 is 6.48. The molecule has 0 bridgehead atoms. The standard InChI is InChI=1S/C16H22N2O2S/c1-10(2)9-20-7-6-18-16(19)15-14(17)12-8-11(3)4-5-13(12)21-15/h4-5,8,10H,6-7,9,17H2,1-3H3,(H,18,19). The molecular weight excluding hydrogens is 284 g/mol. The highest BCUT2D eigenvalue weighted by molar-refractivity contribution is 7.21. The van der Waals surface area contributed by atoms with Crippen molar-refractivity contribution in [2.75, 3.05) is 25.5 Å². The first-order valence-electron chi connectivity index (χ1n) is 7.13. The smallest absolute Gasteiger partial charge is 0.263 e. The van der Waals surface area contributed by atoms with E-state index in [-0.39, 0.29) is 5.91 Å². The molecule has 0 radical (unpaired) electrons. The molecule has 0 spiro atoms. The Morgan fingerprint density at radius 3 is 2.90 bits per heavy atom. The number of nitrogen functional groups attached to an aromatic ring is 1. The Labute approximate surface area is 129 Å². The molecule has 2 aromatic rings. The van der Waals surface area contributed by atoms with Crippen molar-refractivity contribution in [1.29, 1.82) is 0 Å². The number of ether oxygens (including phenoxy) is 1. The fraction of sp³-hybridized carbons (Fsp3) is 0.438. The zero-order chi connectivity index (χ0) is 15.4. The molecule has 3 N–H and O–H groups in total. The van der Waals surface area contributed by atoms with Crippen molar-refractivity contribution in [1.82, 2.24) is 5.32 Å². The van der Waals surface area contributed by atoms with Gasteiger partial charge < -0.3 is 15.8 Å². The van der Waals surface area contributed by atoms with Gasteiger partial charge in [0.15, 0.2) is 0 Å². The fourth-order valence-corrected chi connectivity index (χ4v) is 3.05. The van der Waals surface area contributed by atoms with E-state index >= 15 is 0 Å². The first-order chi connectivity index (χ1) is 9.99. The summed E-state index contributed by atoms with van der Waals surface area (Å²) in [5.41, 5.74) is 7.81. The second kappa shape index (κ2) is 6.91. The average molecular weight is 306 g/mol. The number of hydrogen-bond acceptors (Lipinski definition) is 4. The van der Waals surface area contributed by atoms with E-state index in [0.29, 0.717) is 36.2 Å². The topological polar surface area (TPSA) is 64.3 Å². The predicted molar refractivity (Wildman–Crippen MR) is 89.0 cm³/mol. The number of carbonyl (C=O) groups is 1. The molecule has 1 aromatic heterocycles. The zero-order valence-corrected chi connectivity index (χ0v) is 13.5. The summed E-state index contributed by atoms with van der Waals surface area (Å²) >= 11 is 1.43. The maximum Gasteiger partial charge on any atom is 0.263 e. The maximum absolute atomic E-state index is 12.2. The summed E-state index contributed by atoms with van der Waals surface area (Å²) in [6.45, 7) is 7.94. The van der Waals surface area contributed by atoms with E-state index in [9.17, 15) is 4.79 Å². The van der Waals surface area contributed by atoms with Gasteiger partial charge in [-0.15, -0.1) is 11.3 Å². The van der Waals surface area contributed by atoms with Gasteiger partial charge in [-0.1, -0.05) is 25.5 Å². The molecule has 5 heteroatoms. The van der Waals surface area contributed by atoms with Crippen molar-refractivity contribution < 1.29 is 9.53 Å². The fourth-order valence-electron chi connectivity index (χ4n) is 2.04. The highest BCUT2D eigenvalue weighted by Gasteiger charge is 2.15. The van der Waals surface area contributed by atoms with Gasteiger partial charge in [0, 0.05) is 23.2 Å². The Morgan fingerprint density at radius 1 is 1.43 bits per heavy atom. The monoisotopic (exact) mass is 306 g/mol. The normalized spacial score (nSPS) is 11.2. The van der Waals surface area contributed by atoms with E-state index in [4.69, 9.17) is 10.5 Å². The number of nitrogens with two attached hydrogens (primary N) is 1. The molecule has 114 valence electrons. The Hall–Kier alpha value is -1.59. The molecule has 0 fully saturated rings. The zero-order valence-electron chi connectivity index (χ0n) is 12.7. The molecule has 0 aliphatic rings. The van der Waals surface area contributed by atoms with Crippen LogP contribution in [0.1, 0.15) is 29.1 Å². The van der Waals surface area contributed by atoms with E-state index in [1.165, 1.54) is 11.3 Å². The number of fused-ring (bicyclic) bond motifs is 1. The SMILES string of the molecule is Cc1ccc2sc(C(=O)NCCOCC(C)C)c(N)c2c1. The van der Waals surface area contributed by atoms with Crippen LogP contribution in [0.4, 0.5) is 5.69 Å². The lowest BCUT2D eigenvalue weighted by molar-refractivity contribution is 0.0890. The molecule has 0 aliphatic carbocycles. The highest BCUT2D eigenvalue weighted by atomic mass is 32.1. The van der Waals surface area contributed by atoms with Gasteiger partial charge in [-0.3, -0.25) is 4.79 Å². The van der Waals surface area contributed by atoms with Gasteiger partial charge >= 0.3 is 0 Å². The summed E-state index contributed by atoms with van der Waals surface area (Å²) in [4.78, 5) is 12.8. The van der Waals surface area contributed by atoms with E-state index < -0.39 is 0 Å². The minimum atomic E-state index is -0.125. The van der Waals surface area contributed by atoms with E-state index in [1.54, 1.807) is 0 Å². The molecule has 1 amide bonds. The third-order valence-corrected chi connectivity index (χ3v) is 4.26. The van der Waals surface area contributed by atoms with E-state index in [1.807, 2.05) is 25.1 Å². The number of thiophene rings is 1. The minimum absolute atomic E-state index is 0.125. The highest BCUT2D eigenvalue weighted by Crippen LogP contribution is 2.34. The van der Waals surface area contributed by atoms with Gasteiger partial charge in [0.1, 0.15) is 4.88 Å². The maximum atomic E-state index is 12.2. The lowest BCUT2D eigenvalue weighted by Crippen LogP contribution is -2.27. The molecule has 2 rings (SSSR count). The molecule has 1 heterocycles. The molecule has 4 nitrogen and oxygen atoms in total. The molecule has 0 saturated heterocycles. The minimum Gasteiger partial charge on any atom is -0.397 e. The van der Waals surface area contributed by atoms with Crippen molar-refractivity contribution >= 4 is 33.0 Å². The molecule has 0 saturated carbocycles. The summed E-state index contributed by atoms with van der Waals surface area (Å²) in [6.07, 6.45) is 0. The lowest BCUT2D eigenvalue weighted by Gasteiger charge is -2.07. The molecular formula is C16H22N2O2S. The number of aryl methyl sites for hydroxylation is 1. The quantitative estimate of drug-likeness (QED) is 0.806. The number of anilines is 1. The van der Waals surface area contributed by atoms with Gasteiger partial charge in [-0.2, -0.15) is 0 Å². The van der Waals surface area contributed by atoms with Crippen LogP contribution in [0.5, 0.6) is 0 Å². The van der Waals surface area contributed by atoms with Crippen molar-refractivity contribution in [2.24, 2.45) is 5.92 Å². The molecule has 0 atom stereocenters. The summed E-state index contributed by atoms with van der Waals surface area (Å²) in [5, 5.41) is 3.82. The van der Waals surface area contributed by atoms with Gasteiger partial charge in [-0.25, -0.2) is 0 Å². The van der Waals surface area contributed by atoms with Gasteiger partial charge in [0.25, 0.3) is 5.91 Å². The summed E-state index contributed by atoms with van der Waals surface area (Å²) in [7, 11) is 0. The van der Waals surface area contributed by atoms with Crippen LogP contribution in [0.15, 0.2) is 18.2 Å². The van der Waals surface area contributed by atoms with Crippen molar-refractivity contribution in [3.63, 3.8) is 0 Å². The van der Waals surface area contributed by atoms with Crippen LogP contribution in [0, 0.1) is 12.8 Å². The Balaban J connectivity index is 1.98. The van der Waals surface area contributed by atoms with E-state index in [0.717, 1.165) is 15.6 Å². The molecule has 0 unspecified atom stereocenters. The largest absolute Gasteiger partial charge is 0.397 e. The van der Waals surface area contributed by atoms with E-state index in [2.05, 4.69) is 19.2 Å². The van der Waals surface area contributed by atoms with Crippen LogP contribution in [0.3, 0.4) is 0 Å². The van der Waals surface area contributed by atoms with Crippen LogP contribution in [-0.4, -0.2) is 25.7 Å². The Kier molecular flexibility index (Phi) is 5.20. The molecule has 1 aromatic carbocycles. The Bertz CT molecular complexity index is 634. The van der Waals surface area contributed by atoms with Crippen LogP contribution in [0.25, 0.3) is 10.1 Å². The summed E-state index contributed by atoms with van der Waals surface area (Å²) in [6, 6.07) is 6.05. The Morgan fingerprint density at radius 2 is 2.19 bits per heavy atom. The number of nitrogens with one attached hydrogen (secondary N) is 1. The average Bonchev–Trinajstić information content (AvgIpc) is 2.75. The van der Waals surface area contributed by atoms with Crippen LogP contribution < -0.4 is 11.1 Å². The van der Waals surface area contributed by atoms with Crippen LogP contribution in [-0.2, 0) is 4.74 Å². The van der Waals surface area contributed by atoms with Crippen LogP contribution in [0.2, 0.25) is 0 Å². The van der Waals surface area contributed by atoms with Gasteiger partial charge in [0.05, 0.1) is 12.3 Å². The van der Waals surface area contributed by atoms with Crippen molar-refractivity contribution in [3.8, 4) is 0 Å². The molecule has 0 aliphatic heterocycles. The number of amides is 1. The number of benzene rings is 1. The first kappa shape index (κ1) is 15.8. The number of carbonyl (C=O) groups excluding carboxylic acids is 1.